The third-order valence-electron chi connectivity index (χ3n) is 3.29. The molecule has 5 nitrogen and oxygen atoms in total. The molecule has 114 valence electrons. The smallest absolute Gasteiger partial charge is 0.254 e. The van der Waals surface area contributed by atoms with Gasteiger partial charge < -0.3 is 0 Å². The Hall–Kier alpha value is -1.09. The molecule has 21 heavy (non-hydrogen) atoms. The molecule has 0 saturated carbocycles. The first-order valence-electron chi connectivity index (χ1n) is 6.16. The SMILES string of the molecule is CC(c1ccc(S(C)=O)cc1)N(C)S(=O)(=O)c1ccns1. The quantitative estimate of drug-likeness (QED) is 0.834. The standard InChI is InChI=1S/C13H16N2O3S3/c1-10(11-4-6-12(7-5-11)20(3)16)15(2)21(17,18)13-8-9-14-19-13/h4-10H,1-3H3. The Labute approximate surface area is 131 Å². The van der Waals surface area contributed by atoms with Crippen LogP contribution in [0.3, 0.4) is 0 Å². The summed E-state index contributed by atoms with van der Waals surface area (Å²) < 4.78 is 41.6. The highest BCUT2D eigenvalue weighted by Crippen LogP contribution is 2.27. The fourth-order valence-electron chi connectivity index (χ4n) is 1.84. The van der Waals surface area contributed by atoms with Crippen LogP contribution in [0.15, 0.2) is 45.6 Å². The molecule has 2 unspecified atom stereocenters. The number of rotatable bonds is 5. The highest BCUT2D eigenvalue weighted by Gasteiger charge is 2.27. The Balaban J connectivity index is 2.27. The van der Waals surface area contributed by atoms with E-state index in [1.54, 1.807) is 37.6 Å². The van der Waals surface area contributed by atoms with Gasteiger partial charge in [0.1, 0.15) is 0 Å². The van der Waals surface area contributed by atoms with Gasteiger partial charge in [0.15, 0.2) is 4.21 Å². The molecule has 0 spiro atoms. The Bertz CT molecular complexity index is 725. The molecule has 0 amide bonds. The molecule has 1 aromatic carbocycles. The first-order chi connectivity index (χ1) is 9.84. The van der Waals surface area contributed by atoms with Crippen molar-refractivity contribution < 1.29 is 12.6 Å². The van der Waals surface area contributed by atoms with Crippen LogP contribution in [-0.2, 0) is 20.8 Å². The van der Waals surface area contributed by atoms with E-state index in [1.165, 1.54) is 16.6 Å². The van der Waals surface area contributed by atoms with Gasteiger partial charge >= 0.3 is 0 Å². The molecular weight excluding hydrogens is 328 g/mol. The minimum atomic E-state index is -3.54. The summed E-state index contributed by atoms with van der Waals surface area (Å²) in [5.41, 5.74) is 0.847. The van der Waals surface area contributed by atoms with Crippen LogP contribution in [0.25, 0.3) is 0 Å². The van der Waals surface area contributed by atoms with E-state index in [4.69, 9.17) is 0 Å². The number of benzene rings is 1. The van der Waals surface area contributed by atoms with Gasteiger partial charge in [-0.15, -0.1) is 0 Å². The number of hydrogen-bond acceptors (Lipinski definition) is 5. The highest BCUT2D eigenvalue weighted by atomic mass is 32.2. The van der Waals surface area contributed by atoms with Crippen LogP contribution in [0.4, 0.5) is 0 Å². The minimum Gasteiger partial charge on any atom is -0.255 e. The molecule has 0 aliphatic carbocycles. The molecule has 2 rings (SSSR count). The molecule has 0 bridgehead atoms. The molecule has 0 radical (unpaired) electrons. The minimum absolute atomic E-state index is 0.225. The number of sulfonamides is 1. The molecule has 1 heterocycles. The molecule has 1 aromatic heterocycles. The largest absolute Gasteiger partial charge is 0.255 e. The van der Waals surface area contributed by atoms with E-state index in [0.717, 1.165) is 22.0 Å². The summed E-state index contributed by atoms with van der Waals surface area (Å²) in [6, 6.07) is 8.30. The monoisotopic (exact) mass is 344 g/mol. The van der Waals surface area contributed by atoms with E-state index in [9.17, 15) is 12.6 Å². The molecule has 2 atom stereocenters. The van der Waals surface area contributed by atoms with Gasteiger partial charge in [0.25, 0.3) is 10.0 Å². The van der Waals surface area contributed by atoms with Crippen molar-refractivity contribution >= 4 is 32.4 Å². The summed E-state index contributed by atoms with van der Waals surface area (Å²) in [7, 11) is -3.03. The van der Waals surface area contributed by atoms with E-state index in [-0.39, 0.29) is 10.3 Å². The second-order valence-corrected chi connectivity index (χ2v) is 8.99. The summed E-state index contributed by atoms with van der Waals surface area (Å²) >= 11 is 0.957. The predicted molar refractivity (Wildman–Crippen MR) is 84.3 cm³/mol. The lowest BCUT2D eigenvalue weighted by Gasteiger charge is -2.23. The Morgan fingerprint density at radius 2 is 1.86 bits per heavy atom. The van der Waals surface area contributed by atoms with Crippen LogP contribution < -0.4 is 0 Å². The van der Waals surface area contributed by atoms with E-state index >= 15 is 0 Å². The van der Waals surface area contributed by atoms with Crippen molar-refractivity contribution in [1.29, 1.82) is 0 Å². The molecule has 0 aliphatic rings. The average Bonchev–Trinajstić information content (AvgIpc) is 3.00. The zero-order valence-corrected chi connectivity index (χ0v) is 14.3. The summed E-state index contributed by atoms with van der Waals surface area (Å²) in [5.74, 6) is 0. The Morgan fingerprint density at radius 1 is 1.24 bits per heavy atom. The van der Waals surface area contributed by atoms with E-state index in [2.05, 4.69) is 4.37 Å². The Kier molecular flexibility index (Phi) is 4.92. The van der Waals surface area contributed by atoms with Gasteiger partial charge in [-0.05, 0) is 42.2 Å². The maximum Gasteiger partial charge on any atom is 0.254 e. The van der Waals surface area contributed by atoms with E-state index < -0.39 is 20.8 Å². The van der Waals surface area contributed by atoms with Crippen molar-refractivity contribution in [2.24, 2.45) is 0 Å². The maximum atomic E-state index is 12.4. The highest BCUT2D eigenvalue weighted by molar-refractivity contribution is 7.91. The third kappa shape index (κ3) is 3.39. The first-order valence-corrected chi connectivity index (χ1v) is 9.93. The zero-order valence-electron chi connectivity index (χ0n) is 11.9. The zero-order chi connectivity index (χ0) is 15.6. The molecule has 0 N–H and O–H groups in total. The summed E-state index contributed by atoms with van der Waals surface area (Å²) in [5, 5.41) is 0. The van der Waals surface area contributed by atoms with Gasteiger partial charge in [-0.1, -0.05) is 12.1 Å². The third-order valence-corrected chi connectivity index (χ3v) is 7.34. The lowest BCUT2D eigenvalue weighted by molar-refractivity contribution is 0.399. The number of nitrogens with zero attached hydrogens (tertiary/aromatic N) is 2. The first kappa shape index (κ1) is 16.3. The van der Waals surface area contributed by atoms with Crippen molar-refractivity contribution in [3.8, 4) is 0 Å². The van der Waals surface area contributed by atoms with Crippen molar-refractivity contribution in [3.63, 3.8) is 0 Å². The topological polar surface area (TPSA) is 67.3 Å². The average molecular weight is 344 g/mol. The summed E-state index contributed by atoms with van der Waals surface area (Å²) in [6.07, 6.45) is 3.08. The van der Waals surface area contributed by atoms with Gasteiger partial charge in [0.2, 0.25) is 0 Å². The number of aromatic nitrogens is 1. The van der Waals surface area contributed by atoms with E-state index in [0.29, 0.717) is 0 Å². The Morgan fingerprint density at radius 3 is 2.33 bits per heavy atom. The van der Waals surface area contributed by atoms with Crippen LogP contribution >= 0.6 is 11.5 Å². The second kappa shape index (κ2) is 6.35. The van der Waals surface area contributed by atoms with Gasteiger partial charge in [-0.2, -0.15) is 8.68 Å². The van der Waals surface area contributed by atoms with Gasteiger partial charge in [0.05, 0.1) is 0 Å². The van der Waals surface area contributed by atoms with Crippen LogP contribution in [0.5, 0.6) is 0 Å². The summed E-state index contributed by atoms with van der Waals surface area (Å²) in [4.78, 5) is 0.721. The van der Waals surface area contributed by atoms with E-state index in [1.807, 2.05) is 6.92 Å². The van der Waals surface area contributed by atoms with Crippen LogP contribution in [0.2, 0.25) is 0 Å². The summed E-state index contributed by atoms with van der Waals surface area (Å²) in [6.45, 7) is 1.82. The number of hydrogen-bond donors (Lipinski definition) is 0. The van der Waals surface area contributed by atoms with Gasteiger partial charge in [0, 0.05) is 41.2 Å². The molecule has 8 heteroatoms. The second-order valence-electron chi connectivity index (χ2n) is 4.55. The molecular formula is C13H16N2O3S3. The lowest BCUT2D eigenvalue weighted by Crippen LogP contribution is -2.29. The van der Waals surface area contributed by atoms with Crippen molar-refractivity contribution in [2.75, 3.05) is 13.3 Å². The van der Waals surface area contributed by atoms with Gasteiger partial charge in [-0.3, -0.25) is 4.21 Å². The predicted octanol–water partition coefficient (Wildman–Crippen LogP) is 2.26. The van der Waals surface area contributed by atoms with Crippen LogP contribution in [-0.4, -0.2) is 34.6 Å². The molecule has 0 saturated heterocycles. The van der Waals surface area contributed by atoms with Crippen LogP contribution in [0, 0.1) is 0 Å². The van der Waals surface area contributed by atoms with Crippen molar-refractivity contribution in [3.05, 3.63) is 42.1 Å². The molecule has 2 aromatic rings. The fourth-order valence-corrected chi connectivity index (χ4v) is 4.62. The lowest BCUT2D eigenvalue weighted by atomic mass is 10.1. The van der Waals surface area contributed by atoms with Crippen molar-refractivity contribution in [1.82, 2.24) is 8.68 Å². The van der Waals surface area contributed by atoms with Gasteiger partial charge in [-0.25, -0.2) is 8.42 Å². The van der Waals surface area contributed by atoms with Crippen LogP contribution in [0.1, 0.15) is 18.5 Å². The fraction of sp³-hybridized carbons (Fsp3) is 0.308. The molecule has 0 fully saturated rings. The maximum absolute atomic E-state index is 12.4. The van der Waals surface area contributed by atoms with Crippen molar-refractivity contribution in [2.45, 2.75) is 22.1 Å². The normalized spacial score (nSPS) is 15.0. The molecule has 0 aliphatic heterocycles.